The number of carbonyl (C=O) groups is 1. The van der Waals surface area contributed by atoms with Crippen LogP contribution in [0.1, 0.15) is 28.2 Å². The van der Waals surface area contributed by atoms with Gasteiger partial charge in [-0.05, 0) is 31.1 Å². The Morgan fingerprint density at radius 3 is 2.73 bits per heavy atom. The minimum absolute atomic E-state index is 0.00543. The zero-order valence-electron chi connectivity index (χ0n) is 19.9. The fourth-order valence-corrected chi connectivity index (χ4v) is 5.32. The van der Waals surface area contributed by atoms with E-state index in [-0.39, 0.29) is 30.1 Å². The van der Waals surface area contributed by atoms with Gasteiger partial charge in [0, 0.05) is 44.0 Å². The van der Waals surface area contributed by atoms with E-state index in [1.54, 1.807) is 16.8 Å². The van der Waals surface area contributed by atoms with Crippen LogP contribution in [-0.2, 0) is 0 Å². The van der Waals surface area contributed by atoms with Crippen molar-refractivity contribution in [3.8, 4) is 16.5 Å². The third-order valence-electron chi connectivity index (χ3n) is 6.52. The van der Waals surface area contributed by atoms with Crippen molar-refractivity contribution >= 4 is 29.0 Å². The lowest BCUT2D eigenvalue weighted by Crippen LogP contribution is -2.49. The number of thiophene rings is 1. The van der Waals surface area contributed by atoms with E-state index >= 15 is 0 Å². The van der Waals surface area contributed by atoms with E-state index < -0.39 is 5.69 Å². The maximum Gasteiger partial charge on any atom is 0.326 e. The highest BCUT2D eigenvalue weighted by atomic mass is 32.1. The van der Waals surface area contributed by atoms with Gasteiger partial charge in [-0.15, -0.1) is 11.3 Å². The quantitative estimate of drug-likeness (QED) is 0.267. The summed E-state index contributed by atoms with van der Waals surface area (Å²) in [6.45, 7) is 3.50. The molecule has 0 aromatic carbocycles. The van der Waals surface area contributed by atoms with Gasteiger partial charge in [0.25, 0.3) is 5.91 Å². The van der Waals surface area contributed by atoms with Crippen molar-refractivity contribution in [1.29, 1.82) is 0 Å². The maximum atomic E-state index is 13.1. The summed E-state index contributed by atoms with van der Waals surface area (Å²) >= 11 is 1.39. The molecule has 2 aliphatic rings. The van der Waals surface area contributed by atoms with Gasteiger partial charge in [-0.1, -0.05) is 0 Å². The first kappa shape index (κ1) is 23.6. The maximum absolute atomic E-state index is 13.1. The molecule has 0 radical (unpaired) electrons. The third kappa shape index (κ3) is 4.80. The molecule has 1 saturated heterocycles. The summed E-state index contributed by atoms with van der Waals surface area (Å²) in [5.41, 5.74) is 1.58. The molecule has 192 valence electrons. The molecule has 0 bridgehead atoms. The van der Waals surface area contributed by atoms with Crippen molar-refractivity contribution in [2.75, 3.05) is 39.3 Å². The highest BCUT2D eigenvalue weighted by Gasteiger charge is 2.24. The first-order valence-corrected chi connectivity index (χ1v) is 13.0. The Balaban J connectivity index is 1.36. The Bertz CT molecular complexity index is 1640. The molecule has 4 aromatic rings. The lowest BCUT2D eigenvalue weighted by atomic mass is 10.2. The Morgan fingerprint density at radius 2 is 2.03 bits per heavy atom. The smallest absolute Gasteiger partial charge is 0.326 e. The first-order valence-electron chi connectivity index (χ1n) is 12.2. The predicted octanol–water partition coefficient (Wildman–Crippen LogP) is -0.459. The molecule has 0 atom stereocenters. The van der Waals surface area contributed by atoms with E-state index in [2.05, 4.69) is 20.0 Å². The number of aliphatic hydroxyl groups is 1. The molecule has 1 aliphatic carbocycles. The SMILES string of the molecule is O=C(c1ccc(-c2cc(=NC3CC3)n3nc/c(=C\c4[nH]c(=O)[nH]c4O)c3n2)s1)N1CCN(CCO)CC1. The summed E-state index contributed by atoms with van der Waals surface area (Å²) in [5, 5.41) is 24.2. The summed E-state index contributed by atoms with van der Waals surface area (Å²) < 4.78 is 1.65. The van der Waals surface area contributed by atoms with Crippen LogP contribution in [0.2, 0.25) is 0 Å². The summed E-state index contributed by atoms with van der Waals surface area (Å²) in [4.78, 5) is 44.7. The van der Waals surface area contributed by atoms with Gasteiger partial charge >= 0.3 is 5.69 Å². The third-order valence-corrected chi connectivity index (χ3v) is 7.62. The lowest BCUT2D eigenvalue weighted by molar-refractivity contribution is 0.0619. The molecule has 12 nitrogen and oxygen atoms in total. The van der Waals surface area contributed by atoms with E-state index in [0.29, 0.717) is 46.6 Å². The Labute approximate surface area is 214 Å². The molecule has 37 heavy (non-hydrogen) atoms. The number of aromatic nitrogens is 5. The number of amides is 1. The molecule has 0 spiro atoms. The van der Waals surface area contributed by atoms with Crippen molar-refractivity contribution in [3.05, 3.63) is 56.2 Å². The number of carbonyl (C=O) groups excluding carboxylic acids is 1. The molecular formula is C24H26N8O4S. The largest absolute Gasteiger partial charge is 0.493 e. The van der Waals surface area contributed by atoms with Gasteiger partial charge in [0.2, 0.25) is 5.88 Å². The molecular weight excluding hydrogens is 496 g/mol. The van der Waals surface area contributed by atoms with Crippen molar-refractivity contribution in [1.82, 2.24) is 34.4 Å². The van der Waals surface area contributed by atoms with Gasteiger partial charge in [-0.25, -0.2) is 9.78 Å². The molecule has 1 saturated carbocycles. The second-order valence-electron chi connectivity index (χ2n) is 9.20. The minimum Gasteiger partial charge on any atom is -0.493 e. The van der Waals surface area contributed by atoms with E-state index in [4.69, 9.17) is 15.1 Å². The number of H-pyrrole nitrogens is 2. The van der Waals surface area contributed by atoms with Gasteiger partial charge in [0.1, 0.15) is 5.69 Å². The second-order valence-corrected chi connectivity index (χ2v) is 10.3. The number of aromatic amines is 2. The molecule has 1 amide bonds. The molecule has 4 N–H and O–H groups in total. The number of piperazine rings is 1. The van der Waals surface area contributed by atoms with Gasteiger partial charge < -0.3 is 20.1 Å². The fraction of sp³-hybridized carbons (Fsp3) is 0.375. The van der Waals surface area contributed by atoms with Crippen LogP contribution >= 0.6 is 11.3 Å². The van der Waals surface area contributed by atoms with Crippen molar-refractivity contribution in [2.24, 2.45) is 4.99 Å². The molecule has 0 unspecified atom stereocenters. The van der Waals surface area contributed by atoms with Crippen molar-refractivity contribution < 1.29 is 15.0 Å². The number of aromatic hydroxyl groups is 1. The molecule has 4 aromatic heterocycles. The summed E-state index contributed by atoms with van der Waals surface area (Å²) in [6, 6.07) is 5.86. The molecule has 6 rings (SSSR count). The lowest BCUT2D eigenvalue weighted by Gasteiger charge is -2.34. The second kappa shape index (κ2) is 9.57. The zero-order chi connectivity index (χ0) is 25.5. The fourth-order valence-electron chi connectivity index (χ4n) is 4.38. The molecule has 5 heterocycles. The van der Waals surface area contributed by atoms with Gasteiger partial charge in [0.15, 0.2) is 11.1 Å². The highest BCUT2D eigenvalue weighted by molar-refractivity contribution is 7.17. The highest BCUT2D eigenvalue weighted by Crippen LogP contribution is 2.28. The minimum atomic E-state index is -0.510. The zero-order valence-corrected chi connectivity index (χ0v) is 20.7. The van der Waals surface area contributed by atoms with Crippen molar-refractivity contribution in [3.63, 3.8) is 0 Å². The molecule has 2 fully saturated rings. The van der Waals surface area contributed by atoms with Gasteiger partial charge in [-0.2, -0.15) is 9.61 Å². The molecule has 1 aliphatic heterocycles. The van der Waals surface area contributed by atoms with Crippen LogP contribution in [0.3, 0.4) is 0 Å². The average molecular weight is 523 g/mol. The number of nitrogens with one attached hydrogen (secondary N) is 2. The van der Waals surface area contributed by atoms with Gasteiger partial charge in [-0.3, -0.25) is 19.7 Å². The number of hydrogen-bond acceptors (Lipinski definition) is 9. The average Bonchev–Trinajstić information content (AvgIpc) is 3.26. The Hall–Kier alpha value is -3.81. The number of hydrogen-bond donors (Lipinski definition) is 4. The standard InChI is InChI=1S/C24H26N8O4S/c33-10-9-30-5-7-31(8-6-30)23(35)19-4-3-18(37-19)16-12-20(26-15-1-2-15)32-21(27-16)14(13-25-32)11-17-22(34)29-24(36)28-17/h3-4,11-13,15,33-34H,1-2,5-10H2,(H2,28,29,36)/b14-11+,26-20?. The van der Waals surface area contributed by atoms with Crippen LogP contribution in [0.15, 0.2) is 34.2 Å². The van der Waals surface area contributed by atoms with E-state index in [1.165, 1.54) is 11.3 Å². The summed E-state index contributed by atoms with van der Waals surface area (Å²) in [7, 11) is 0. The van der Waals surface area contributed by atoms with Crippen LogP contribution in [0.25, 0.3) is 22.3 Å². The normalized spacial score (nSPS) is 17.8. The van der Waals surface area contributed by atoms with Crippen LogP contribution in [-0.4, -0.2) is 95.9 Å². The summed E-state index contributed by atoms with van der Waals surface area (Å²) in [5.74, 6) is -0.267. The van der Waals surface area contributed by atoms with E-state index in [9.17, 15) is 14.7 Å². The van der Waals surface area contributed by atoms with Crippen LogP contribution < -0.4 is 16.4 Å². The topological polar surface area (TPSA) is 155 Å². The monoisotopic (exact) mass is 522 g/mol. The Kier molecular flexibility index (Phi) is 6.10. The number of nitrogens with zero attached hydrogens (tertiary/aromatic N) is 6. The number of aliphatic hydroxyl groups excluding tert-OH is 1. The first-order chi connectivity index (χ1) is 18.0. The summed E-state index contributed by atoms with van der Waals surface area (Å²) in [6.07, 6.45) is 5.28. The van der Waals surface area contributed by atoms with Crippen LogP contribution in [0.5, 0.6) is 5.88 Å². The van der Waals surface area contributed by atoms with Crippen LogP contribution in [0.4, 0.5) is 0 Å². The number of imidazole rings is 1. The van der Waals surface area contributed by atoms with Crippen LogP contribution in [0, 0.1) is 0 Å². The van der Waals surface area contributed by atoms with Crippen molar-refractivity contribution in [2.45, 2.75) is 18.9 Å². The number of rotatable bonds is 6. The van der Waals surface area contributed by atoms with E-state index in [0.717, 1.165) is 30.8 Å². The predicted molar refractivity (Wildman–Crippen MR) is 136 cm³/mol. The Morgan fingerprint density at radius 1 is 1.22 bits per heavy atom. The number of fused-ring (bicyclic) bond motifs is 1. The van der Waals surface area contributed by atoms with E-state index in [1.807, 2.05) is 23.1 Å². The van der Waals surface area contributed by atoms with Gasteiger partial charge in [0.05, 0.1) is 34.3 Å². The number of β-amino-alcohol motifs (C(OH)–C–C–N with tert-alkyl or cyclic N) is 1. The molecule has 13 heteroatoms.